The lowest BCUT2D eigenvalue weighted by molar-refractivity contribution is 0.314. The first-order valence-corrected chi connectivity index (χ1v) is 11.3. The monoisotopic (exact) mass is 476 g/mol. The summed E-state index contributed by atoms with van der Waals surface area (Å²) in [5.41, 5.74) is 3.47. The predicted octanol–water partition coefficient (Wildman–Crippen LogP) is 8.40. The Balaban J connectivity index is 1.48. The molecule has 0 unspecified atom stereocenters. The van der Waals surface area contributed by atoms with E-state index < -0.39 is 23.3 Å². The summed E-state index contributed by atoms with van der Waals surface area (Å²) in [5, 5.41) is 0. The Morgan fingerprint density at radius 2 is 1.23 bits per heavy atom. The average Bonchev–Trinajstić information content (AvgIpc) is 2.88. The number of rotatable bonds is 8. The Morgan fingerprint density at radius 3 is 1.83 bits per heavy atom. The van der Waals surface area contributed by atoms with E-state index in [0.717, 1.165) is 11.1 Å². The van der Waals surface area contributed by atoms with Crippen LogP contribution in [0, 0.1) is 23.3 Å². The third kappa shape index (κ3) is 5.14. The molecule has 0 atom stereocenters. The fourth-order valence-corrected chi connectivity index (χ4v) is 3.96. The number of hydrogen-bond donors (Lipinski definition) is 0. The molecular weight excluding hydrogens is 452 g/mol. The van der Waals surface area contributed by atoms with Gasteiger partial charge in [0.2, 0.25) is 5.82 Å². The van der Waals surface area contributed by atoms with Crippen molar-refractivity contribution in [1.82, 2.24) is 0 Å². The van der Waals surface area contributed by atoms with E-state index in [4.69, 9.17) is 4.74 Å². The summed E-state index contributed by atoms with van der Waals surface area (Å²) in [4.78, 5) is 0. The van der Waals surface area contributed by atoms with E-state index in [0.29, 0.717) is 24.0 Å². The molecule has 0 aromatic heterocycles. The first kappa shape index (κ1) is 24.3. The van der Waals surface area contributed by atoms with Gasteiger partial charge in [-0.15, -0.1) is 0 Å². The van der Waals surface area contributed by atoms with Crippen LogP contribution in [-0.4, -0.2) is 6.61 Å². The van der Waals surface area contributed by atoms with Gasteiger partial charge in [0.15, 0.2) is 23.2 Å². The molecule has 0 aliphatic rings. The second-order valence-electron chi connectivity index (χ2n) is 8.10. The zero-order valence-electron chi connectivity index (χ0n) is 19.3. The van der Waals surface area contributed by atoms with Gasteiger partial charge in [-0.3, -0.25) is 0 Å². The van der Waals surface area contributed by atoms with Gasteiger partial charge in [-0.05, 0) is 59.7 Å². The van der Waals surface area contributed by atoms with Crippen molar-refractivity contribution in [2.75, 3.05) is 6.61 Å². The Hall–Kier alpha value is -3.86. The molecule has 1 nitrogen and oxygen atoms in total. The molecule has 35 heavy (non-hydrogen) atoms. The van der Waals surface area contributed by atoms with Gasteiger partial charge in [-0.2, -0.15) is 4.39 Å². The molecule has 0 aliphatic heterocycles. The van der Waals surface area contributed by atoms with Gasteiger partial charge in [0.25, 0.3) is 0 Å². The maximum absolute atomic E-state index is 14.8. The topological polar surface area (TPSA) is 9.23 Å². The SMILES string of the molecule is C=Cc1ccc(-c2ccc(CCc3ccc(-c4ccc(OCC)c(F)c4F)cc3)c(F)c2F)cc1. The van der Waals surface area contributed by atoms with Crippen LogP contribution in [0.15, 0.2) is 79.4 Å². The number of ether oxygens (including phenoxy) is 1. The van der Waals surface area contributed by atoms with Crippen molar-refractivity contribution in [1.29, 1.82) is 0 Å². The molecule has 0 saturated carbocycles. The highest BCUT2D eigenvalue weighted by molar-refractivity contribution is 5.67. The molecule has 4 rings (SSSR count). The van der Waals surface area contributed by atoms with E-state index in [1.54, 1.807) is 73.7 Å². The largest absolute Gasteiger partial charge is 0.491 e. The molecule has 0 fully saturated rings. The molecule has 0 heterocycles. The maximum atomic E-state index is 14.8. The van der Waals surface area contributed by atoms with Gasteiger partial charge in [-0.1, -0.05) is 73.3 Å². The average molecular weight is 477 g/mol. The molecule has 5 heteroatoms. The minimum absolute atomic E-state index is 0.126. The van der Waals surface area contributed by atoms with Crippen LogP contribution in [0.1, 0.15) is 23.6 Å². The van der Waals surface area contributed by atoms with Crippen LogP contribution >= 0.6 is 0 Å². The second kappa shape index (κ2) is 10.6. The van der Waals surface area contributed by atoms with E-state index >= 15 is 0 Å². The Labute approximate surface area is 202 Å². The summed E-state index contributed by atoms with van der Waals surface area (Å²) in [6.07, 6.45) is 2.44. The van der Waals surface area contributed by atoms with Crippen LogP contribution < -0.4 is 4.74 Å². The number of hydrogen-bond acceptors (Lipinski definition) is 1. The summed E-state index contributed by atoms with van der Waals surface area (Å²) in [7, 11) is 0. The van der Waals surface area contributed by atoms with Gasteiger partial charge in [0, 0.05) is 11.1 Å². The molecule has 0 saturated heterocycles. The zero-order chi connectivity index (χ0) is 24.9. The molecule has 0 amide bonds. The Bertz CT molecular complexity index is 1340. The molecule has 0 bridgehead atoms. The van der Waals surface area contributed by atoms with Crippen LogP contribution in [-0.2, 0) is 12.8 Å². The highest BCUT2D eigenvalue weighted by Gasteiger charge is 2.17. The lowest BCUT2D eigenvalue weighted by Gasteiger charge is -2.11. The van der Waals surface area contributed by atoms with Gasteiger partial charge in [0.1, 0.15) is 0 Å². The predicted molar refractivity (Wildman–Crippen MR) is 132 cm³/mol. The molecular formula is C30H24F4O. The lowest BCUT2D eigenvalue weighted by atomic mass is 9.97. The molecule has 0 spiro atoms. The van der Waals surface area contributed by atoms with E-state index in [1.165, 1.54) is 12.1 Å². The molecule has 0 N–H and O–H groups in total. The van der Waals surface area contributed by atoms with E-state index in [2.05, 4.69) is 6.58 Å². The molecule has 0 radical (unpaired) electrons. The van der Waals surface area contributed by atoms with Crippen molar-refractivity contribution in [2.45, 2.75) is 19.8 Å². The van der Waals surface area contributed by atoms with Crippen LogP contribution in [0.4, 0.5) is 17.6 Å². The van der Waals surface area contributed by atoms with Crippen molar-refractivity contribution in [2.24, 2.45) is 0 Å². The summed E-state index contributed by atoms with van der Waals surface area (Å²) in [6.45, 7) is 5.62. The number of halogens is 4. The summed E-state index contributed by atoms with van der Waals surface area (Å²) >= 11 is 0. The zero-order valence-corrected chi connectivity index (χ0v) is 19.3. The minimum atomic E-state index is -1.02. The van der Waals surface area contributed by atoms with Crippen molar-refractivity contribution in [3.8, 4) is 28.0 Å². The smallest absolute Gasteiger partial charge is 0.201 e. The van der Waals surface area contributed by atoms with Crippen LogP contribution in [0.2, 0.25) is 0 Å². The fourth-order valence-electron chi connectivity index (χ4n) is 3.96. The highest BCUT2D eigenvalue weighted by atomic mass is 19.2. The van der Waals surface area contributed by atoms with Crippen LogP contribution in [0.25, 0.3) is 28.3 Å². The number of benzene rings is 4. The Kier molecular flexibility index (Phi) is 7.35. The summed E-state index contributed by atoms with van der Waals surface area (Å²) in [5.74, 6) is -3.86. The standard InChI is InChI=1S/C30H24F4O/c1-3-19-5-10-21(11-6-19)24-16-15-23(27(31)28(24)32)14-9-20-7-12-22(13-8-20)25-17-18-26(35-4-2)30(34)29(25)33/h3,5-8,10-13,15-18H,1,4,9,14H2,2H3. The van der Waals surface area contributed by atoms with Crippen LogP contribution in [0.5, 0.6) is 5.75 Å². The quantitative estimate of drug-likeness (QED) is 0.232. The number of aryl methyl sites for hydroxylation is 2. The Morgan fingerprint density at radius 1 is 0.657 bits per heavy atom. The lowest BCUT2D eigenvalue weighted by Crippen LogP contribution is -2.00. The van der Waals surface area contributed by atoms with E-state index in [9.17, 15) is 17.6 Å². The van der Waals surface area contributed by atoms with Crippen molar-refractivity contribution in [3.63, 3.8) is 0 Å². The molecule has 0 aliphatic carbocycles. The highest BCUT2D eigenvalue weighted by Crippen LogP contribution is 2.31. The normalized spacial score (nSPS) is 10.9. The first-order chi connectivity index (χ1) is 16.9. The van der Waals surface area contributed by atoms with Gasteiger partial charge in [0.05, 0.1) is 6.61 Å². The maximum Gasteiger partial charge on any atom is 0.201 e. The van der Waals surface area contributed by atoms with Crippen molar-refractivity contribution in [3.05, 3.63) is 119 Å². The third-order valence-electron chi connectivity index (χ3n) is 5.91. The van der Waals surface area contributed by atoms with Gasteiger partial charge >= 0.3 is 0 Å². The molecule has 4 aromatic carbocycles. The second-order valence-corrected chi connectivity index (χ2v) is 8.10. The summed E-state index contributed by atoms with van der Waals surface area (Å²) in [6, 6.07) is 20.0. The fraction of sp³-hybridized carbons (Fsp3) is 0.133. The molecule has 4 aromatic rings. The van der Waals surface area contributed by atoms with Gasteiger partial charge < -0.3 is 4.74 Å². The summed E-state index contributed by atoms with van der Waals surface area (Å²) < 4.78 is 63.3. The first-order valence-electron chi connectivity index (χ1n) is 11.3. The van der Waals surface area contributed by atoms with Gasteiger partial charge in [-0.25, -0.2) is 13.2 Å². The third-order valence-corrected chi connectivity index (χ3v) is 5.91. The van der Waals surface area contributed by atoms with Crippen LogP contribution in [0.3, 0.4) is 0 Å². The van der Waals surface area contributed by atoms with E-state index in [-0.39, 0.29) is 29.0 Å². The van der Waals surface area contributed by atoms with Crippen molar-refractivity contribution < 1.29 is 22.3 Å². The molecule has 178 valence electrons. The van der Waals surface area contributed by atoms with Crippen molar-refractivity contribution >= 4 is 6.08 Å². The minimum Gasteiger partial charge on any atom is -0.491 e. The van der Waals surface area contributed by atoms with E-state index in [1.807, 2.05) is 0 Å².